The van der Waals surface area contributed by atoms with Crippen LogP contribution in [0.4, 0.5) is 0 Å². The van der Waals surface area contributed by atoms with Gasteiger partial charge < -0.3 is 0 Å². The lowest BCUT2D eigenvalue weighted by molar-refractivity contribution is -0.119. The third-order valence-corrected chi connectivity index (χ3v) is 5.68. The molecule has 1 aromatic carbocycles. The van der Waals surface area contributed by atoms with Crippen molar-refractivity contribution in [2.24, 2.45) is 11.8 Å². The molecule has 0 saturated carbocycles. The zero-order valence-corrected chi connectivity index (χ0v) is 19.7. The van der Waals surface area contributed by atoms with E-state index in [1.165, 1.54) is 0 Å². The molecule has 1 aromatic rings. The summed E-state index contributed by atoms with van der Waals surface area (Å²) in [6, 6.07) is 8.74. The molecular formula is C18H21BrCl4O4. The van der Waals surface area contributed by atoms with Gasteiger partial charge in [0.15, 0.2) is 0 Å². The number of alkyl halides is 1. The van der Waals surface area contributed by atoms with Crippen molar-refractivity contribution in [1.29, 1.82) is 0 Å². The first-order chi connectivity index (χ1) is 12.4. The standard InChI is InChI=1S/C7H5ClO.C6H8Cl2O2.C5H8BrClO/c8-7(9)6-4-2-1-3-5-6;1-2-4(6(8)10)3-5(7)9;1-3(2)4(6)5(7)8/h1-5H;4H,2-3H2,1H3;3-4H,1-2H3. The number of hydrogen-bond acceptors (Lipinski definition) is 4. The average Bonchev–Trinajstić information content (AvgIpc) is 2.60. The summed E-state index contributed by atoms with van der Waals surface area (Å²) in [6.45, 7) is 5.64. The molecule has 0 aliphatic carbocycles. The third-order valence-electron chi connectivity index (χ3n) is 3.02. The van der Waals surface area contributed by atoms with Gasteiger partial charge in [0.1, 0.15) is 0 Å². The second-order valence-electron chi connectivity index (χ2n) is 5.56. The molecule has 0 spiro atoms. The Hall–Kier alpha value is -0.460. The minimum atomic E-state index is -0.513. The van der Waals surface area contributed by atoms with Crippen LogP contribution in [0.5, 0.6) is 0 Å². The number of carbonyl (C=O) groups excluding carboxylic acids is 4. The van der Waals surface area contributed by atoms with Gasteiger partial charge in [0.25, 0.3) is 5.24 Å². The molecule has 0 N–H and O–H groups in total. The molecule has 2 unspecified atom stereocenters. The molecule has 0 aliphatic rings. The van der Waals surface area contributed by atoms with Crippen molar-refractivity contribution in [3.8, 4) is 0 Å². The van der Waals surface area contributed by atoms with Crippen molar-refractivity contribution in [2.45, 2.75) is 38.4 Å². The van der Waals surface area contributed by atoms with Crippen LogP contribution in [0.15, 0.2) is 30.3 Å². The van der Waals surface area contributed by atoms with E-state index in [9.17, 15) is 19.2 Å². The first kappa shape index (κ1) is 28.7. The highest BCUT2D eigenvalue weighted by molar-refractivity contribution is 9.10. The summed E-state index contributed by atoms with van der Waals surface area (Å²) < 4.78 is 0. The molecule has 27 heavy (non-hydrogen) atoms. The molecule has 0 radical (unpaired) electrons. The van der Waals surface area contributed by atoms with Gasteiger partial charge in [0, 0.05) is 17.9 Å². The Morgan fingerprint density at radius 2 is 1.41 bits per heavy atom. The molecule has 0 heterocycles. The van der Waals surface area contributed by atoms with E-state index >= 15 is 0 Å². The van der Waals surface area contributed by atoms with Crippen LogP contribution in [0.25, 0.3) is 0 Å². The van der Waals surface area contributed by atoms with E-state index in [1.54, 1.807) is 31.2 Å². The summed E-state index contributed by atoms with van der Waals surface area (Å²) in [7, 11) is 0. The third kappa shape index (κ3) is 16.2. The van der Waals surface area contributed by atoms with E-state index < -0.39 is 21.6 Å². The SMILES string of the molecule is CC(C)C(Br)C(=O)Cl.CCC(CC(=O)Cl)C(=O)Cl.O=C(Cl)c1ccccc1. The first-order valence-electron chi connectivity index (χ1n) is 7.89. The Balaban J connectivity index is 0. The van der Waals surface area contributed by atoms with Crippen LogP contribution in [-0.2, 0) is 14.4 Å². The predicted octanol–water partition coefficient (Wildman–Crippen LogP) is 6.17. The highest BCUT2D eigenvalue weighted by atomic mass is 79.9. The molecule has 0 fully saturated rings. The van der Waals surface area contributed by atoms with E-state index in [0.717, 1.165) is 0 Å². The fourth-order valence-electron chi connectivity index (χ4n) is 1.41. The molecule has 0 aliphatic heterocycles. The normalized spacial score (nSPS) is 11.9. The zero-order valence-electron chi connectivity index (χ0n) is 15.1. The van der Waals surface area contributed by atoms with E-state index in [-0.39, 0.29) is 22.4 Å². The van der Waals surface area contributed by atoms with Gasteiger partial charge in [0.05, 0.1) is 4.83 Å². The van der Waals surface area contributed by atoms with Gasteiger partial charge in [-0.05, 0) is 58.7 Å². The van der Waals surface area contributed by atoms with Gasteiger partial charge in [-0.3, -0.25) is 19.2 Å². The summed E-state index contributed by atoms with van der Waals surface area (Å²) in [6.07, 6.45) is 0.598. The Kier molecular flexibility index (Phi) is 17.6. The van der Waals surface area contributed by atoms with Crippen LogP contribution >= 0.6 is 62.3 Å². The summed E-state index contributed by atoms with van der Waals surface area (Å²) in [5.41, 5.74) is 0.541. The molecule has 0 amide bonds. The summed E-state index contributed by atoms with van der Waals surface area (Å²) in [4.78, 5) is 41.3. The van der Waals surface area contributed by atoms with Crippen molar-refractivity contribution in [3.05, 3.63) is 35.9 Å². The van der Waals surface area contributed by atoms with Crippen LogP contribution in [0.1, 0.15) is 44.0 Å². The van der Waals surface area contributed by atoms with Gasteiger partial charge in [0.2, 0.25) is 15.7 Å². The maximum atomic E-state index is 10.5. The van der Waals surface area contributed by atoms with Crippen molar-refractivity contribution in [1.82, 2.24) is 0 Å². The molecule has 0 aromatic heterocycles. The monoisotopic (exact) mass is 520 g/mol. The number of halogens is 5. The number of rotatable bonds is 7. The number of carbonyl (C=O) groups is 4. The Labute approximate surface area is 188 Å². The fourth-order valence-corrected chi connectivity index (χ4v) is 2.21. The Morgan fingerprint density at radius 1 is 0.926 bits per heavy atom. The summed E-state index contributed by atoms with van der Waals surface area (Å²) >= 11 is 23.6. The van der Waals surface area contributed by atoms with Crippen molar-refractivity contribution in [3.63, 3.8) is 0 Å². The van der Waals surface area contributed by atoms with Crippen LogP contribution in [0, 0.1) is 11.8 Å². The number of hydrogen-bond donors (Lipinski definition) is 0. The van der Waals surface area contributed by atoms with Crippen LogP contribution in [0.3, 0.4) is 0 Å². The van der Waals surface area contributed by atoms with E-state index in [4.69, 9.17) is 46.4 Å². The second-order valence-corrected chi connectivity index (χ2v) is 8.05. The van der Waals surface area contributed by atoms with Crippen LogP contribution in [-0.4, -0.2) is 25.8 Å². The van der Waals surface area contributed by atoms with Crippen molar-refractivity contribution >= 4 is 83.3 Å². The maximum Gasteiger partial charge on any atom is 0.252 e. The minimum Gasteiger partial charge on any atom is -0.281 e. The topological polar surface area (TPSA) is 68.3 Å². The van der Waals surface area contributed by atoms with Gasteiger partial charge in [-0.15, -0.1) is 0 Å². The van der Waals surface area contributed by atoms with E-state index in [2.05, 4.69) is 15.9 Å². The lowest BCUT2D eigenvalue weighted by atomic mass is 10.1. The first-order valence-corrected chi connectivity index (χ1v) is 10.3. The van der Waals surface area contributed by atoms with E-state index in [1.807, 2.05) is 19.9 Å². The molecule has 152 valence electrons. The van der Waals surface area contributed by atoms with Gasteiger partial charge >= 0.3 is 0 Å². The van der Waals surface area contributed by atoms with E-state index in [0.29, 0.717) is 12.0 Å². The lowest BCUT2D eigenvalue weighted by Crippen LogP contribution is -2.13. The summed E-state index contributed by atoms with van der Waals surface area (Å²) in [5, 5.41) is -1.73. The molecule has 0 bridgehead atoms. The minimum absolute atomic E-state index is 0.0421. The maximum absolute atomic E-state index is 10.5. The molecule has 4 nitrogen and oxygen atoms in total. The molecule has 0 saturated heterocycles. The van der Waals surface area contributed by atoms with Gasteiger partial charge in [-0.1, -0.05) is 67.0 Å². The van der Waals surface area contributed by atoms with Crippen molar-refractivity contribution < 1.29 is 19.2 Å². The lowest BCUT2D eigenvalue weighted by Gasteiger charge is -2.05. The highest BCUT2D eigenvalue weighted by Crippen LogP contribution is 2.14. The zero-order chi connectivity index (χ0) is 21.6. The van der Waals surface area contributed by atoms with Gasteiger partial charge in [-0.25, -0.2) is 0 Å². The highest BCUT2D eigenvalue weighted by Gasteiger charge is 2.16. The Bertz CT molecular complexity index is 609. The largest absolute Gasteiger partial charge is 0.281 e. The molecule has 9 heteroatoms. The second kappa shape index (κ2) is 16.5. The molecule has 1 rings (SSSR count). The Morgan fingerprint density at radius 3 is 1.56 bits per heavy atom. The van der Waals surface area contributed by atoms with Crippen LogP contribution < -0.4 is 0 Å². The summed E-state index contributed by atoms with van der Waals surface area (Å²) in [5.74, 6) is -0.133. The van der Waals surface area contributed by atoms with Gasteiger partial charge in [-0.2, -0.15) is 0 Å². The number of benzene rings is 1. The quantitative estimate of drug-likeness (QED) is 0.317. The predicted molar refractivity (Wildman–Crippen MR) is 115 cm³/mol. The average molecular weight is 523 g/mol. The van der Waals surface area contributed by atoms with Crippen LogP contribution in [0.2, 0.25) is 0 Å². The molecular weight excluding hydrogens is 502 g/mol. The molecule has 2 atom stereocenters. The fraction of sp³-hybridized carbons (Fsp3) is 0.444. The van der Waals surface area contributed by atoms with Crippen molar-refractivity contribution in [2.75, 3.05) is 0 Å². The smallest absolute Gasteiger partial charge is 0.252 e.